The summed E-state index contributed by atoms with van der Waals surface area (Å²) < 4.78 is 0. The number of nitrogens with one attached hydrogen (secondary N) is 3. The Morgan fingerprint density at radius 2 is 1.25 bits per heavy atom. The fourth-order valence-corrected chi connectivity index (χ4v) is 4.56. The maximum absolute atomic E-state index is 13.5. The summed E-state index contributed by atoms with van der Waals surface area (Å²) in [6.45, 7) is 0.411. The maximum Gasteiger partial charge on any atom is 0.326 e. The van der Waals surface area contributed by atoms with Gasteiger partial charge in [0, 0.05) is 12.8 Å². The molecule has 0 saturated carbocycles. The van der Waals surface area contributed by atoms with Gasteiger partial charge in [-0.25, -0.2) is 4.79 Å². The van der Waals surface area contributed by atoms with Crippen LogP contribution in [-0.2, 0) is 32.0 Å². The number of carboxylic acid groups (broad SMARTS) is 1. The molecule has 0 aliphatic rings. The number of hydrogen-bond acceptors (Lipinski definition) is 7. The number of unbranched alkanes of at least 4 members (excludes halogenated alkanes) is 1. The Morgan fingerprint density at radius 3 is 1.77 bits per heavy atom. The van der Waals surface area contributed by atoms with Crippen molar-refractivity contribution < 1.29 is 24.3 Å². The van der Waals surface area contributed by atoms with Crippen LogP contribution in [0.1, 0.15) is 36.8 Å². The summed E-state index contributed by atoms with van der Waals surface area (Å²) in [6, 6.07) is 14.2. The first kappa shape index (κ1) is 32.8. The van der Waals surface area contributed by atoms with Crippen molar-refractivity contribution >= 4 is 35.5 Å². The molecule has 0 spiro atoms. The van der Waals surface area contributed by atoms with E-state index >= 15 is 0 Å². The summed E-state index contributed by atoms with van der Waals surface area (Å²) in [5.74, 6) is -2.12. The molecule has 2 rings (SSSR count). The van der Waals surface area contributed by atoms with E-state index in [1.54, 1.807) is 36.0 Å². The van der Waals surface area contributed by atoms with Crippen molar-refractivity contribution in [2.45, 2.75) is 62.7 Å². The Hall–Kier alpha value is -3.41. The lowest BCUT2D eigenvalue weighted by Gasteiger charge is -2.25. The molecule has 4 atom stereocenters. The van der Waals surface area contributed by atoms with Crippen LogP contribution < -0.4 is 27.4 Å². The Balaban J connectivity index is 2.20. The van der Waals surface area contributed by atoms with Gasteiger partial charge in [0.25, 0.3) is 0 Å². The van der Waals surface area contributed by atoms with Crippen LogP contribution in [0.3, 0.4) is 0 Å². The summed E-state index contributed by atoms with van der Waals surface area (Å²) in [7, 11) is 0. The minimum absolute atomic E-state index is 0.0893. The van der Waals surface area contributed by atoms with E-state index in [0.717, 1.165) is 11.1 Å². The van der Waals surface area contributed by atoms with Crippen molar-refractivity contribution in [2.24, 2.45) is 11.5 Å². The number of carbonyl (C=O) groups is 4. The Kier molecular flexibility index (Phi) is 14.8. The van der Waals surface area contributed by atoms with E-state index in [1.807, 2.05) is 42.7 Å². The molecule has 0 radical (unpaired) electrons. The maximum atomic E-state index is 13.5. The molecule has 4 unspecified atom stereocenters. The van der Waals surface area contributed by atoms with Crippen LogP contribution in [0, 0.1) is 0 Å². The van der Waals surface area contributed by atoms with Gasteiger partial charge in [0.1, 0.15) is 18.1 Å². The van der Waals surface area contributed by atoms with Crippen LogP contribution in [0.15, 0.2) is 60.7 Å². The number of nitrogens with two attached hydrogens (primary N) is 2. The van der Waals surface area contributed by atoms with Gasteiger partial charge in [0.05, 0.1) is 6.04 Å². The second kappa shape index (κ2) is 18.0. The quantitative estimate of drug-likeness (QED) is 0.145. The number of amides is 3. The van der Waals surface area contributed by atoms with E-state index in [1.165, 1.54) is 0 Å². The summed E-state index contributed by atoms with van der Waals surface area (Å²) in [5.41, 5.74) is 13.2. The van der Waals surface area contributed by atoms with Gasteiger partial charge >= 0.3 is 5.97 Å². The first-order valence-electron chi connectivity index (χ1n) is 13.4. The van der Waals surface area contributed by atoms with E-state index in [2.05, 4.69) is 16.0 Å². The van der Waals surface area contributed by atoms with Crippen molar-refractivity contribution in [3.05, 3.63) is 71.8 Å². The van der Waals surface area contributed by atoms with Gasteiger partial charge in [-0.1, -0.05) is 60.7 Å². The standard InChI is InChI=1S/C29H41N5O5S/c1-40-17-15-22(31)26(35)33-24(18-20-10-4-2-5-11-20)28(37)32-23(14-8-9-16-30)27(36)34-25(29(38)39)19-21-12-6-3-7-13-21/h2-7,10-13,22-25H,8-9,14-19,30-31H2,1H3,(H,32,37)(H,33,35)(H,34,36)(H,38,39). The third-order valence-electron chi connectivity index (χ3n) is 6.36. The molecule has 0 bridgehead atoms. The third-order valence-corrected chi connectivity index (χ3v) is 7.01. The molecular weight excluding hydrogens is 530 g/mol. The molecule has 0 saturated heterocycles. The fraction of sp³-hybridized carbons (Fsp3) is 0.448. The monoisotopic (exact) mass is 571 g/mol. The first-order valence-corrected chi connectivity index (χ1v) is 14.8. The number of hydrogen-bond donors (Lipinski definition) is 6. The SMILES string of the molecule is CSCCC(N)C(=O)NC(Cc1ccccc1)C(=O)NC(CCCCN)C(=O)NC(Cc1ccccc1)C(=O)O. The average Bonchev–Trinajstić information content (AvgIpc) is 2.95. The van der Waals surface area contributed by atoms with Crippen molar-refractivity contribution in [2.75, 3.05) is 18.6 Å². The van der Waals surface area contributed by atoms with Crippen LogP contribution in [0.4, 0.5) is 0 Å². The average molecular weight is 572 g/mol. The number of thioether (sulfide) groups is 1. The van der Waals surface area contributed by atoms with Crippen LogP contribution in [0.25, 0.3) is 0 Å². The Bertz CT molecular complexity index is 1070. The number of benzene rings is 2. The molecule has 2 aromatic carbocycles. The minimum Gasteiger partial charge on any atom is -0.480 e. The fourth-order valence-electron chi connectivity index (χ4n) is 4.07. The van der Waals surface area contributed by atoms with E-state index in [-0.39, 0.29) is 19.3 Å². The van der Waals surface area contributed by atoms with Gasteiger partial charge < -0.3 is 32.5 Å². The molecule has 40 heavy (non-hydrogen) atoms. The lowest BCUT2D eigenvalue weighted by Crippen LogP contribution is -2.57. The highest BCUT2D eigenvalue weighted by molar-refractivity contribution is 7.98. The lowest BCUT2D eigenvalue weighted by atomic mass is 10.0. The van der Waals surface area contributed by atoms with Crippen molar-refractivity contribution in [3.63, 3.8) is 0 Å². The molecule has 218 valence electrons. The molecule has 3 amide bonds. The molecule has 11 heteroatoms. The summed E-state index contributed by atoms with van der Waals surface area (Å²) in [6.07, 6.45) is 4.07. The van der Waals surface area contributed by atoms with E-state index in [9.17, 15) is 24.3 Å². The summed E-state index contributed by atoms with van der Waals surface area (Å²) >= 11 is 1.57. The minimum atomic E-state index is -1.18. The third kappa shape index (κ3) is 11.8. The van der Waals surface area contributed by atoms with Gasteiger partial charge in [-0.2, -0.15) is 11.8 Å². The molecule has 10 nitrogen and oxygen atoms in total. The Morgan fingerprint density at radius 1 is 0.750 bits per heavy atom. The van der Waals surface area contributed by atoms with Crippen LogP contribution in [0.2, 0.25) is 0 Å². The predicted octanol–water partition coefficient (Wildman–Crippen LogP) is 1.22. The number of rotatable bonds is 18. The van der Waals surface area contributed by atoms with Crippen LogP contribution in [-0.4, -0.2) is 71.5 Å². The normalized spacial score (nSPS) is 13.9. The highest BCUT2D eigenvalue weighted by atomic mass is 32.2. The van der Waals surface area contributed by atoms with Crippen LogP contribution in [0.5, 0.6) is 0 Å². The zero-order valence-electron chi connectivity index (χ0n) is 22.9. The number of aliphatic carboxylic acids is 1. The molecule has 2 aromatic rings. The zero-order chi connectivity index (χ0) is 29.3. The summed E-state index contributed by atoms with van der Waals surface area (Å²) in [5, 5.41) is 17.8. The topological polar surface area (TPSA) is 177 Å². The van der Waals surface area contributed by atoms with E-state index in [0.29, 0.717) is 31.6 Å². The second-order valence-electron chi connectivity index (χ2n) is 9.57. The lowest BCUT2D eigenvalue weighted by molar-refractivity contribution is -0.142. The van der Waals surface area contributed by atoms with Crippen molar-refractivity contribution in [1.29, 1.82) is 0 Å². The van der Waals surface area contributed by atoms with Gasteiger partial charge in [-0.15, -0.1) is 0 Å². The highest BCUT2D eigenvalue weighted by Crippen LogP contribution is 2.09. The van der Waals surface area contributed by atoms with Gasteiger partial charge in [-0.05, 0) is 55.4 Å². The second-order valence-corrected chi connectivity index (χ2v) is 10.6. The molecule has 0 aliphatic carbocycles. The molecule has 8 N–H and O–H groups in total. The largest absolute Gasteiger partial charge is 0.480 e. The molecule has 0 aromatic heterocycles. The highest BCUT2D eigenvalue weighted by Gasteiger charge is 2.30. The van der Waals surface area contributed by atoms with E-state index < -0.39 is 47.9 Å². The Labute approximate surface area is 240 Å². The van der Waals surface area contributed by atoms with Crippen molar-refractivity contribution in [3.8, 4) is 0 Å². The van der Waals surface area contributed by atoms with Crippen molar-refractivity contribution in [1.82, 2.24) is 16.0 Å². The smallest absolute Gasteiger partial charge is 0.326 e. The molecule has 0 aliphatic heterocycles. The predicted molar refractivity (Wildman–Crippen MR) is 158 cm³/mol. The first-order chi connectivity index (χ1) is 19.2. The number of carbonyl (C=O) groups excluding carboxylic acids is 3. The van der Waals surface area contributed by atoms with E-state index in [4.69, 9.17) is 11.5 Å². The van der Waals surface area contributed by atoms with Crippen LogP contribution >= 0.6 is 11.8 Å². The van der Waals surface area contributed by atoms with Gasteiger partial charge in [0.2, 0.25) is 17.7 Å². The molecular formula is C29H41N5O5S. The number of carboxylic acids is 1. The summed E-state index contributed by atoms with van der Waals surface area (Å²) in [4.78, 5) is 51.5. The molecule has 0 heterocycles. The zero-order valence-corrected chi connectivity index (χ0v) is 23.7. The van der Waals surface area contributed by atoms with Gasteiger partial charge in [0.15, 0.2) is 0 Å². The molecule has 0 fully saturated rings. The van der Waals surface area contributed by atoms with Gasteiger partial charge in [-0.3, -0.25) is 14.4 Å².